The summed E-state index contributed by atoms with van der Waals surface area (Å²) in [4.78, 5) is 0. The maximum absolute atomic E-state index is 11.2. The van der Waals surface area contributed by atoms with Crippen molar-refractivity contribution in [2.75, 3.05) is 6.61 Å². The molecule has 0 bridgehead atoms. The Morgan fingerprint density at radius 3 is 2.28 bits per heavy atom. The largest absolute Gasteiger partial charge is 0.396 e. The van der Waals surface area contributed by atoms with E-state index < -0.39 is 0 Å². The van der Waals surface area contributed by atoms with Crippen LogP contribution in [0.5, 0.6) is 0 Å². The van der Waals surface area contributed by atoms with E-state index in [9.17, 15) is 10.2 Å². The Hall–Kier alpha value is -1.64. The third-order valence-corrected chi connectivity index (χ3v) is 9.08. The topological polar surface area (TPSA) is 40.5 Å². The van der Waals surface area contributed by atoms with E-state index in [-0.39, 0.29) is 35.4 Å². The van der Waals surface area contributed by atoms with Crippen molar-refractivity contribution in [3.05, 3.63) is 65.3 Å². The third kappa shape index (κ3) is 3.94. The number of allylic oxidation sites excluding steroid dienone is 5. The molecule has 2 aliphatic rings. The van der Waals surface area contributed by atoms with Crippen LogP contribution in [-0.4, -0.2) is 22.9 Å². The summed E-state index contributed by atoms with van der Waals surface area (Å²) < 4.78 is 0. The molecule has 2 aliphatic carbocycles. The smallest absolute Gasteiger partial charge is 0.0602 e. The predicted octanol–water partition coefficient (Wildman–Crippen LogP) is 7.05. The van der Waals surface area contributed by atoms with Crippen LogP contribution >= 0.6 is 0 Å². The summed E-state index contributed by atoms with van der Waals surface area (Å²) in [6, 6.07) is 10.4. The molecule has 1 fully saturated rings. The quantitative estimate of drug-likeness (QED) is 0.338. The molecule has 2 N–H and O–H groups in total. The summed E-state index contributed by atoms with van der Waals surface area (Å²) in [5.41, 5.74) is 3.43. The lowest BCUT2D eigenvalue weighted by Gasteiger charge is -2.57. The van der Waals surface area contributed by atoms with Gasteiger partial charge in [-0.3, -0.25) is 0 Å². The van der Waals surface area contributed by atoms with Crippen LogP contribution < -0.4 is 0 Å². The van der Waals surface area contributed by atoms with Gasteiger partial charge in [-0.05, 0) is 55.4 Å². The molecule has 0 unspecified atom stereocenters. The van der Waals surface area contributed by atoms with Crippen LogP contribution in [0.1, 0.15) is 72.8 Å². The van der Waals surface area contributed by atoms with Gasteiger partial charge in [0, 0.05) is 10.8 Å². The summed E-state index contributed by atoms with van der Waals surface area (Å²) in [6.45, 7) is 13.6. The van der Waals surface area contributed by atoms with Gasteiger partial charge < -0.3 is 10.2 Å². The van der Waals surface area contributed by atoms with Crippen molar-refractivity contribution in [3.63, 3.8) is 0 Å². The number of benzene rings is 1. The molecule has 0 spiro atoms. The molecule has 1 saturated carbocycles. The highest BCUT2D eigenvalue weighted by Gasteiger charge is 2.63. The van der Waals surface area contributed by atoms with Crippen LogP contribution in [0.15, 0.2) is 59.7 Å². The minimum absolute atomic E-state index is 0.161. The predicted molar refractivity (Wildman–Crippen MR) is 136 cm³/mol. The summed E-state index contributed by atoms with van der Waals surface area (Å²) in [6.07, 6.45) is 12.9. The van der Waals surface area contributed by atoms with E-state index in [2.05, 4.69) is 90.1 Å². The van der Waals surface area contributed by atoms with Crippen molar-refractivity contribution in [1.29, 1.82) is 0 Å². The molecule has 2 heteroatoms. The average molecular weight is 437 g/mol. The highest BCUT2D eigenvalue weighted by atomic mass is 16.3. The number of hydrogen-bond donors (Lipinski definition) is 2. The molecule has 7 atom stereocenters. The van der Waals surface area contributed by atoms with Gasteiger partial charge in [-0.15, -0.1) is 0 Å². The highest BCUT2D eigenvalue weighted by Crippen LogP contribution is 2.66. The second-order valence-electron chi connectivity index (χ2n) is 10.2. The molecule has 0 aromatic heterocycles. The first-order valence-corrected chi connectivity index (χ1v) is 12.8. The van der Waals surface area contributed by atoms with Gasteiger partial charge in [-0.1, -0.05) is 107 Å². The maximum atomic E-state index is 11.2. The van der Waals surface area contributed by atoms with Crippen LogP contribution in [-0.2, 0) is 0 Å². The van der Waals surface area contributed by atoms with Gasteiger partial charge >= 0.3 is 0 Å². The molecular formula is C30H44O2. The summed E-state index contributed by atoms with van der Waals surface area (Å²) >= 11 is 0. The van der Waals surface area contributed by atoms with E-state index in [4.69, 9.17) is 0 Å². The van der Waals surface area contributed by atoms with Crippen molar-refractivity contribution in [3.8, 4) is 0 Å². The van der Waals surface area contributed by atoms with Gasteiger partial charge in [0.1, 0.15) is 0 Å². The van der Waals surface area contributed by atoms with Gasteiger partial charge in [0.2, 0.25) is 0 Å². The van der Waals surface area contributed by atoms with Crippen molar-refractivity contribution in [2.24, 2.45) is 34.5 Å². The van der Waals surface area contributed by atoms with Crippen molar-refractivity contribution >= 4 is 6.08 Å². The molecule has 32 heavy (non-hydrogen) atoms. The summed E-state index contributed by atoms with van der Waals surface area (Å²) in [5.74, 6) is 1.11. The van der Waals surface area contributed by atoms with Gasteiger partial charge in [0.05, 0.1) is 12.7 Å². The maximum Gasteiger partial charge on any atom is 0.0602 e. The summed E-state index contributed by atoms with van der Waals surface area (Å²) in [7, 11) is 0. The Balaban J connectivity index is 2.17. The molecule has 2 nitrogen and oxygen atoms in total. The van der Waals surface area contributed by atoms with Gasteiger partial charge in [-0.25, -0.2) is 0 Å². The van der Waals surface area contributed by atoms with Crippen LogP contribution in [0.3, 0.4) is 0 Å². The highest BCUT2D eigenvalue weighted by molar-refractivity contribution is 5.53. The first-order valence-electron chi connectivity index (χ1n) is 12.8. The van der Waals surface area contributed by atoms with E-state index in [0.717, 1.165) is 25.7 Å². The van der Waals surface area contributed by atoms with Crippen LogP contribution in [0.4, 0.5) is 0 Å². The Bertz CT molecular complexity index is 845. The molecule has 0 aliphatic heterocycles. The average Bonchev–Trinajstić information content (AvgIpc) is 3.08. The van der Waals surface area contributed by atoms with Crippen LogP contribution in [0.2, 0.25) is 0 Å². The minimum atomic E-state index is -0.295. The standard InChI is InChI=1S/C30H44O2/c1-7-23(16-17-24-14-12-11-13-15-24)19-29(9-3)18-21(5)26-22(6)28(32)25(8-2)27(26)30(29,10-4)20-31/h11-19,22,25-28,31-32H,7-10,20H2,1-6H3/b17-16+,23-19+/t22-,25-,26-,27-,28-,29+,30+/m0/s1. The van der Waals surface area contributed by atoms with Gasteiger partial charge in [0.25, 0.3) is 0 Å². The monoisotopic (exact) mass is 436 g/mol. The molecular weight excluding hydrogens is 392 g/mol. The Labute approximate surface area is 196 Å². The Morgan fingerprint density at radius 1 is 1.06 bits per heavy atom. The lowest BCUT2D eigenvalue weighted by Crippen LogP contribution is -2.54. The fourth-order valence-electron chi connectivity index (χ4n) is 7.35. The lowest BCUT2D eigenvalue weighted by atomic mass is 9.47. The Morgan fingerprint density at radius 2 is 1.75 bits per heavy atom. The first kappa shape index (κ1) is 25.0. The molecule has 0 saturated heterocycles. The lowest BCUT2D eigenvalue weighted by molar-refractivity contribution is -0.0688. The SMILES string of the molecule is CCC(/C=C/c1ccccc1)=C\[C@@]1(CC)C=C(C)[C@H]2[C@H](C)[C@H](O)[C@@H](CC)[C@@H]2[C@@]1(CC)CO. The number of aliphatic hydroxyl groups is 2. The molecule has 1 aromatic rings. The normalized spacial score (nSPS) is 37.6. The number of rotatable bonds is 8. The zero-order chi connectivity index (χ0) is 23.5. The molecule has 0 amide bonds. The molecule has 3 rings (SSSR count). The molecule has 0 heterocycles. The van der Waals surface area contributed by atoms with E-state index in [1.165, 1.54) is 16.7 Å². The third-order valence-electron chi connectivity index (χ3n) is 9.08. The van der Waals surface area contributed by atoms with Crippen molar-refractivity contribution in [2.45, 2.75) is 73.3 Å². The Kier molecular flexibility index (Phi) is 7.89. The fourth-order valence-corrected chi connectivity index (χ4v) is 7.35. The fraction of sp³-hybridized carbons (Fsp3) is 0.600. The molecule has 0 radical (unpaired) electrons. The number of fused-ring (bicyclic) bond motifs is 1. The van der Waals surface area contributed by atoms with E-state index >= 15 is 0 Å². The second kappa shape index (κ2) is 10.1. The zero-order valence-electron chi connectivity index (χ0n) is 21.0. The van der Waals surface area contributed by atoms with E-state index in [1.54, 1.807) is 0 Å². The first-order chi connectivity index (χ1) is 15.3. The number of hydrogen-bond acceptors (Lipinski definition) is 2. The van der Waals surface area contributed by atoms with Crippen molar-refractivity contribution in [1.82, 2.24) is 0 Å². The minimum Gasteiger partial charge on any atom is -0.396 e. The van der Waals surface area contributed by atoms with Gasteiger partial charge in [-0.2, -0.15) is 0 Å². The van der Waals surface area contributed by atoms with Crippen molar-refractivity contribution < 1.29 is 10.2 Å². The van der Waals surface area contributed by atoms with E-state index in [1.807, 2.05) is 6.07 Å². The molecule has 176 valence electrons. The number of aliphatic hydroxyl groups excluding tert-OH is 2. The zero-order valence-corrected chi connectivity index (χ0v) is 21.0. The second-order valence-corrected chi connectivity index (χ2v) is 10.2. The van der Waals surface area contributed by atoms with Crippen LogP contribution in [0, 0.1) is 34.5 Å². The van der Waals surface area contributed by atoms with Crippen LogP contribution in [0.25, 0.3) is 6.08 Å². The van der Waals surface area contributed by atoms with E-state index in [0.29, 0.717) is 11.8 Å². The van der Waals surface area contributed by atoms with Gasteiger partial charge in [0.15, 0.2) is 0 Å². The summed E-state index contributed by atoms with van der Waals surface area (Å²) in [5, 5.41) is 22.2. The molecule has 1 aromatic carbocycles.